The van der Waals surface area contributed by atoms with Crippen LogP contribution in [-0.4, -0.2) is 11.5 Å². The standard InChI is InChI=1S/C15H19N3.ClH/c1-11-5-6-13(10-12(11)2)7-9-18-15-14(16)4-3-8-17-15;/h3-6,8,10H,7,9,16H2,1-2H3,(H,17,18);1H. The fourth-order valence-electron chi connectivity index (χ4n) is 1.85. The summed E-state index contributed by atoms with van der Waals surface area (Å²) in [5.74, 6) is 0.765. The number of anilines is 2. The number of nitrogens with one attached hydrogen (secondary N) is 1. The van der Waals surface area contributed by atoms with E-state index in [0.29, 0.717) is 5.69 Å². The van der Waals surface area contributed by atoms with Crippen LogP contribution in [0.1, 0.15) is 16.7 Å². The van der Waals surface area contributed by atoms with Crippen molar-refractivity contribution in [1.29, 1.82) is 0 Å². The minimum absolute atomic E-state index is 0. The minimum Gasteiger partial charge on any atom is -0.396 e. The molecule has 0 unspecified atom stereocenters. The first-order chi connectivity index (χ1) is 8.66. The molecule has 2 rings (SSSR count). The Morgan fingerprint density at radius 1 is 1.16 bits per heavy atom. The van der Waals surface area contributed by atoms with Crippen molar-refractivity contribution in [3.05, 3.63) is 53.2 Å². The van der Waals surface area contributed by atoms with Gasteiger partial charge in [0.15, 0.2) is 0 Å². The summed E-state index contributed by atoms with van der Waals surface area (Å²) in [6.07, 6.45) is 2.71. The van der Waals surface area contributed by atoms with Gasteiger partial charge in [0.1, 0.15) is 5.82 Å². The van der Waals surface area contributed by atoms with Crippen LogP contribution in [0.25, 0.3) is 0 Å². The van der Waals surface area contributed by atoms with Crippen LogP contribution in [0, 0.1) is 13.8 Å². The molecular weight excluding hydrogens is 258 g/mol. The van der Waals surface area contributed by atoms with Gasteiger partial charge in [-0.1, -0.05) is 18.2 Å². The molecule has 0 bridgehead atoms. The van der Waals surface area contributed by atoms with Gasteiger partial charge in [0.25, 0.3) is 0 Å². The van der Waals surface area contributed by atoms with Gasteiger partial charge in [-0.15, -0.1) is 12.4 Å². The van der Waals surface area contributed by atoms with E-state index in [-0.39, 0.29) is 12.4 Å². The molecule has 2 aromatic rings. The van der Waals surface area contributed by atoms with Gasteiger partial charge in [0.05, 0.1) is 5.69 Å². The summed E-state index contributed by atoms with van der Waals surface area (Å²) in [4.78, 5) is 4.21. The molecule has 0 fully saturated rings. The minimum atomic E-state index is 0. The zero-order valence-corrected chi connectivity index (χ0v) is 12.1. The average molecular weight is 278 g/mol. The number of halogens is 1. The Kier molecular flexibility index (Phi) is 5.64. The maximum absolute atomic E-state index is 5.82. The van der Waals surface area contributed by atoms with E-state index in [0.717, 1.165) is 18.8 Å². The van der Waals surface area contributed by atoms with Crippen LogP contribution in [0.3, 0.4) is 0 Å². The number of hydrogen-bond acceptors (Lipinski definition) is 3. The van der Waals surface area contributed by atoms with E-state index in [1.165, 1.54) is 16.7 Å². The molecule has 0 saturated heterocycles. The first kappa shape index (κ1) is 15.3. The Morgan fingerprint density at radius 2 is 1.95 bits per heavy atom. The van der Waals surface area contributed by atoms with Gasteiger partial charge < -0.3 is 11.1 Å². The molecule has 1 aromatic carbocycles. The largest absolute Gasteiger partial charge is 0.396 e. The van der Waals surface area contributed by atoms with Crippen molar-refractivity contribution in [3.8, 4) is 0 Å². The van der Waals surface area contributed by atoms with Gasteiger partial charge in [-0.05, 0) is 49.1 Å². The molecular formula is C15H20ClN3. The number of aryl methyl sites for hydroxylation is 2. The number of nitrogens with two attached hydrogens (primary N) is 1. The Balaban J connectivity index is 0.00000180. The molecule has 0 atom stereocenters. The number of nitrogen functional groups attached to an aromatic ring is 1. The summed E-state index contributed by atoms with van der Waals surface area (Å²) in [5, 5.41) is 3.26. The molecule has 0 aliphatic rings. The zero-order chi connectivity index (χ0) is 13.0. The van der Waals surface area contributed by atoms with Crippen LogP contribution in [0.2, 0.25) is 0 Å². The summed E-state index contributed by atoms with van der Waals surface area (Å²) in [7, 11) is 0. The van der Waals surface area contributed by atoms with E-state index < -0.39 is 0 Å². The Bertz CT molecular complexity index is 541. The molecule has 0 spiro atoms. The molecule has 102 valence electrons. The lowest BCUT2D eigenvalue weighted by atomic mass is 10.0. The smallest absolute Gasteiger partial charge is 0.149 e. The molecule has 0 amide bonds. The third kappa shape index (κ3) is 4.14. The SMILES string of the molecule is Cc1ccc(CCNc2ncccc2N)cc1C.Cl. The van der Waals surface area contributed by atoms with E-state index in [4.69, 9.17) is 5.73 Å². The van der Waals surface area contributed by atoms with Crippen molar-refractivity contribution in [1.82, 2.24) is 4.98 Å². The van der Waals surface area contributed by atoms with Crippen molar-refractivity contribution in [2.75, 3.05) is 17.6 Å². The lowest BCUT2D eigenvalue weighted by molar-refractivity contribution is 1.00. The molecule has 1 heterocycles. The fraction of sp³-hybridized carbons (Fsp3) is 0.267. The number of pyridine rings is 1. The van der Waals surface area contributed by atoms with Crippen molar-refractivity contribution < 1.29 is 0 Å². The van der Waals surface area contributed by atoms with E-state index >= 15 is 0 Å². The van der Waals surface area contributed by atoms with E-state index in [1.807, 2.05) is 12.1 Å². The first-order valence-electron chi connectivity index (χ1n) is 6.17. The molecule has 0 radical (unpaired) electrons. The lowest BCUT2D eigenvalue weighted by Gasteiger charge is -2.09. The molecule has 0 aliphatic heterocycles. The van der Waals surface area contributed by atoms with E-state index in [9.17, 15) is 0 Å². The summed E-state index contributed by atoms with van der Waals surface area (Å²) in [6.45, 7) is 5.11. The summed E-state index contributed by atoms with van der Waals surface area (Å²) >= 11 is 0. The normalized spacial score (nSPS) is 9.79. The number of aromatic nitrogens is 1. The third-order valence-electron chi connectivity index (χ3n) is 3.12. The van der Waals surface area contributed by atoms with Crippen molar-refractivity contribution in [2.24, 2.45) is 0 Å². The zero-order valence-electron chi connectivity index (χ0n) is 11.3. The fourth-order valence-corrected chi connectivity index (χ4v) is 1.85. The van der Waals surface area contributed by atoms with Gasteiger partial charge in [0.2, 0.25) is 0 Å². The number of rotatable bonds is 4. The molecule has 0 saturated carbocycles. The van der Waals surface area contributed by atoms with Gasteiger partial charge in [-0.2, -0.15) is 0 Å². The highest BCUT2D eigenvalue weighted by Gasteiger charge is 1.99. The average Bonchev–Trinajstić information content (AvgIpc) is 2.36. The highest BCUT2D eigenvalue weighted by molar-refractivity contribution is 5.85. The predicted molar refractivity (Wildman–Crippen MR) is 84.0 cm³/mol. The van der Waals surface area contributed by atoms with Crippen LogP contribution >= 0.6 is 12.4 Å². The Labute approximate surface area is 120 Å². The van der Waals surface area contributed by atoms with Gasteiger partial charge in [-0.3, -0.25) is 0 Å². The summed E-state index contributed by atoms with van der Waals surface area (Å²) in [6, 6.07) is 10.3. The molecule has 1 aromatic heterocycles. The highest BCUT2D eigenvalue weighted by Crippen LogP contribution is 2.14. The summed E-state index contributed by atoms with van der Waals surface area (Å²) < 4.78 is 0. The van der Waals surface area contributed by atoms with Crippen LogP contribution in [-0.2, 0) is 6.42 Å². The van der Waals surface area contributed by atoms with Crippen molar-refractivity contribution in [3.63, 3.8) is 0 Å². The second-order valence-electron chi connectivity index (χ2n) is 4.54. The van der Waals surface area contributed by atoms with E-state index in [2.05, 4.69) is 42.3 Å². The topological polar surface area (TPSA) is 50.9 Å². The predicted octanol–water partition coefficient (Wildman–Crippen LogP) is 3.36. The highest BCUT2D eigenvalue weighted by atomic mass is 35.5. The molecule has 3 nitrogen and oxygen atoms in total. The van der Waals surface area contributed by atoms with Crippen molar-refractivity contribution in [2.45, 2.75) is 20.3 Å². The van der Waals surface area contributed by atoms with Gasteiger partial charge >= 0.3 is 0 Å². The van der Waals surface area contributed by atoms with Gasteiger partial charge in [0, 0.05) is 12.7 Å². The Hall–Kier alpha value is -1.74. The van der Waals surface area contributed by atoms with Crippen LogP contribution in [0.4, 0.5) is 11.5 Å². The quantitative estimate of drug-likeness (QED) is 0.901. The molecule has 19 heavy (non-hydrogen) atoms. The maximum atomic E-state index is 5.82. The van der Waals surface area contributed by atoms with E-state index in [1.54, 1.807) is 6.20 Å². The maximum Gasteiger partial charge on any atom is 0.149 e. The van der Waals surface area contributed by atoms with Crippen molar-refractivity contribution >= 4 is 23.9 Å². The van der Waals surface area contributed by atoms with Crippen LogP contribution < -0.4 is 11.1 Å². The number of hydrogen-bond donors (Lipinski definition) is 2. The monoisotopic (exact) mass is 277 g/mol. The lowest BCUT2D eigenvalue weighted by Crippen LogP contribution is -2.08. The van der Waals surface area contributed by atoms with Gasteiger partial charge in [-0.25, -0.2) is 4.98 Å². The molecule has 4 heteroatoms. The number of benzene rings is 1. The molecule has 3 N–H and O–H groups in total. The summed E-state index contributed by atoms with van der Waals surface area (Å²) in [5.41, 5.74) is 10.5. The second-order valence-corrected chi connectivity index (χ2v) is 4.54. The third-order valence-corrected chi connectivity index (χ3v) is 3.12. The Morgan fingerprint density at radius 3 is 2.63 bits per heavy atom. The van der Waals surface area contributed by atoms with Crippen LogP contribution in [0.5, 0.6) is 0 Å². The second kappa shape index (κ2) is 7.00. The number of nitrogens with zero attached hydrogens (tertiary/aromatic N) is 1. The van der Waals surface area contributed by atoms with Crippen LogP contribution in [0.15, 0.2) is 36.5 Å². The molecule has 0 aliphatic carbocycles. The first-order valence-corrected chi connectivity index (χ1v) is 6.17.